The number of hydrogen-bond acceptors (Lipinski definition) is 3. The van der Waals surface area contributed by atoms with Crippen LogP contribution < -0.4 is 10.3 Å². The Balaban J connectivity index is 1.90. The monoisotopic (exact) mass is 353 g/mol. The summed E-state index contributed by atoms with van der Waals surface area (Å²) < 4.78 is 6.50. The second-order valence-electron chi connectivity index (χ2n) is 7.65. The lowest BCUT2D eigenvalue weighted by molar-refractivity contribution is 0.0238. The van der Waals surface area contributed by atoms with Gasteiger partial charge in [-0.3, -0.25) is 4.79 Å². The first-order valence-electron chi connectivity index (χ1n) is 9.83. The van der Waals surface area contributed by atoms with Crippen LogP contribution in [0.4, 0.5) is 0 Å². The van der Waals surface area contributed by atoms with Crippen LogP contribution in [-0.2, 0) is 0 Å². The number of ether oxygens (including phenoxy) is 1. The van der Waals surface area contributed by atoms with E-state index in [1.165, 1.54) is 0 Å². The van der Waals surface area contributed by atoms with Crippen LogP contribution in [0.25, 0.3) is 11.1 Å². The molecule has 26 heavy (non-hydrogen) atoms. The third-order valence-electron chi connectivity index (χ3n) is 6.14. The van der Waals surface area contributed by atoms with Gasteiger partial charge in [-0.05, 0) is 30.7 Å². The Kier molecular flexibility index (Phi) is 4.86. The number of aromatic nitrogens is 1. The van der Waals surface area contributed by atoms with Crippen LogP contribution in [0.5, 0.6) is 5.75 Å². The minimum atomic E-state index is -0.0648. The molecule has 4 nitrogen and oxygen atoms in total. The molecule has 0 amide bonds. The second kappa shape index (κ2) is 7.28. The van der Waals surface area contributed by atoms with Crippen LogP contribution in [0.1, 0.15) is 50.5 Å². The maximum absolute atomic E-state index is 12.8. The van der Waals surface area contributed by atoms with Crippen LogP contribution in [0, 0.1) is 11.8 Å². The summed E-state index contributed by atoms with van der Waals surface area (Å²) in [5.41, 5.74) is 2.68. The summed E-state index contributed by atoms with van der Waals surface area (Å²) >= 11 is 0. The van der Waals surface area contributed by atoms with Gasteiger partial charge in [-0.25, -0.2) is 0 Å². The van der Waals surface area contributed by atoms with E-state index < -0.39 is 0 Å². The Hall–Kier alpha value is -2.07. The van der Waals surface area contributed by atoms with Gasteiger partial charge >= 0.3 is 0 Å². The van der Waals surface area contributed by atoms with Gasteiger partial charge in [0.25, 0.3) is 5.56 Å². The van der Waals surface area contributed by atoms with Crippen molar-refractivity contribution in [2.24, 2.45) is 11.8 Å². The Bertz CT molecular complexity index is 814. The van der Waals surface area contributed by atoms with E-state index in [-0.39, 0.29) is 30.1 Å². The second-order valence-corrected chi connectivity index (χ2v) is 7.65. The van der Waals surface area contributed by atoms with Gasteiger partial charge in [-0.15, -0.1) is 0 Å². The molecule has 0 spiro atoms. The zero-order valence-electron chi connectivity index (χ0n) is 15.3. The number of rotatable bonds is 4. The van der Waals surface area contributed by atoms with Gasteiger partial charge in [0.15, 0.2) is 0 Å². The molecule has 1 aliphatic carbocycles. The van der Waals surface area contributed by atoms with Crippen LogP contribution in [0.15, 0.2) is 41.3 Å². The minimum Gasteiger partial charge on any atom is -0.489 e. The summed E-state index contributed by atoms with van der Waals surface area (Å²) in [6, 6.07) is 10.1. The summed E-state index contributed by atoms with van der Waals surface area (Å²) in [5.74, 6) is 1.28. The number of aliphatic hydroxyl groups excluding tert-OH is 1. The molecule has 1 aliphatic heterocycles. The van der Waals surface area contributed by atoms with Crippen molar-refractivity contribution in [3.8, 4) is 16.9 Å². The Labute approximate surface area is 154 Å². The zero-order valence-corrected chi connectivity index (χ0v) is 15.3. The fourth-order valence-electron chi connectivity index (χ4n) is 4.98. The predicted octanol–water partition coefficient (Wildman–Crippen LogP) is 4.10. The normalized spacial score (nSPS) is 27.3. The van der Waals surface area contributed by atoms with Gasteiger partial charge in [0.2, 0.25) is 0 Å². The number of pyridine rings is 1. The molecule has 2 aromatic rings. The van der Waals surface area contributed by atoms with Crippen molar-refractivity contribution in [3.63, 3.8) is 0 Å². The molecule has 1 fully saturated rings. The van der Waals surface area contributed by atoms with E-state index in [4.69, 9.17) is 4.74 Å². The van der Waals surface area contributed by atoms with Gasteiger partial charge in [-0.1, -0.05) is 50.1 Å². The number of aliphatic hydroxyl groups is 1. The molecule has 0 bridgehead atoms. The number of H-pyrrole nitrogens is 1. The molecule has 4 rings (SSSR count). The molecule has 1 saturated carbocycles. The maximum atomic E-state index is 12.8. The average Bonchev–Trinajstić information content (AvgIpc) is 2.68. The summed E-state index contributed by atoms with van der Waals surface area (Å²) in [6.07, 6.45) is 7.08. The fraction of sp³-hybridized carbons (Fsp3) is 0.500. The number of aromatic amines is 1. The van der Waals surface area contributed by atoms with Crippen molar-refractivity contribution in [1.29, 1.82) is 0 Å². The van der Waals surface area contributed by atoms with Crippen molar-refractivity contribution in [3.05, 3.63) is 52.4 Å². The van der Waals surface area contributed by atoms with E-state index in [0.29, 0.717) is 5.92 Å². The van der Waals surface area contributed by atoms with E-state index in [2.05, 4.69) is 11.9 Å². The van der Waals surface area contributed by atoms with Crippen molar-refractivity contribution < 1.29 is 9.84 Å². The molecule has 1 aromatic heterocycles. The molecule has 4 heteroatoms. The smallest absolute Gasteiger partial charge is 0.255 e. The largest absolute Gasteiger partial charge is 0.489 e. The standard InChI is InChI=1S/C22H27NO3/c1-2-7-18-16-11-6-10-15(13-24)19(16)20-21(26-18)17(12-23-22(20)25)14-8-4-3-5-9-14/h3-5,8-9,12,15-16,18-19,24H,2,6-7,10-11,13H2,1H3,(H,23,25). The Morgan fingerprint density at radius 2 is 2.04 bits per heavy atom. The molecular formula is C22H27NO3. The van der Waals surface area contributed by atoms with E-state index in [1.54, 1.807) is 6.20 Å². The van der Waals surface area contributed by atoms with Crippen LogP contribution in [-0.4, -0.2) is 22.8 Å². The lowest BCUT2D eigenvalue weighted by atomic mass is 9.65. The van der Waals surface area contributed by atoms with Gasteiger partial charge in [-0.2, -0.15) is 0 Å². The third-order valence-corrected chi connectivity index (χ3v) is 6.14. The number of hydrogen-bond donors (Lipinski definition) is 2. The van der Waals surface area contributed by atoms with E-state index in [9.17, 15) is 9.90 Å². The lowest BCUT2D eigenvalue weighted by Crippen LogP contribution is -2.44. The lowest BCUT2D eigenvalue weighted by Gasteiger charge is -2.45. The van der Waals surface area contributed by atoms with Crippen molar-refractivity contribution in [2.45, 2.75) is 51.0 Å². The molecule has 0 saturated heterocycles. The third kappa shape index (κ3) is 2.86. The number of nitrogens with one attached hydrogen (secondary N) is 1. The highest BCUT2D eigenvalue weighted by atomic mass is 16.5. The number of fused-ring (bicyclic) bond motifs is 3. The summed E-state index contributed by atoms with van der Waals surface area (Å²) in [5, 5.41) is 10.00. The van der Waals surface area contributed by atoms with Crippen LogP contribution in [0.2, 0.25) is 0 Å². The topological polar surface area (TPSA) is 62.3 Å². The van der Waals surface area contributed by atoms with E-state index in [1.807, 2.05) is 30.3 Å². The SMILES string of the molecule is CCCC1Oc2c(-c3ccccc3)c[nH]c(=O)c2C2C(CO)CCCC12. The molecule has 1 aromatic carbocycles. The molecule has 2 aliphatic rings. The molecule has 0 radical (unpaired) electrons. The van der Waals surface area contributed by atoms with Crippen molar-refractivity contribution in [2.75, 3.05) is 6.61 Å². The van der Waals surface area contributed by atoms with Crippen molar-refractivity contribution >= 4 is 0 Å². The van der Waals surface area contributed by atoms with Crippen LogP contribution >= 0.6 is 0 Å². The average molecular weight is 353 g/mol. The fourth-order valence-corrected chi connectivity index (χ4v) is 4.98. The van der Waals surface area contributed by atoms with Crippen LogP contribution in [0.3, 0.4) is 0 Å². The highest BCUT2D eigenvalue weighted by Crippen LogP contribution is 2.51. The summed E-state index contributed by atoms with van der Waals surface area (Å²) in [6.45, 7) is 2.31. The highest BCUT2D eigenvalue weighted by molar-refractivity contribution is 5.72. The Morgan fingerprint density at radius 3 is 2.77 bits per heavy atom. The molecule has 2 N–H and O–H groups in total. The molecule has 4 atom stereocenters. The maximum Gasteiger partial charge on any atom is 0.255 e. The van der Waals surface area contributed by atoms with Gasteiger partial charge < -0.3 is 14.8 Å². The zero-order chi connectivity index (χ0) is 18.1. The van der Waals surface area contributed by atoms with E-state index >= 15 is 0 Å². The molecular weight excluding hydrogens is 326 g/mol. The van der Waals surface area contributed by atoms with Gasteiger partial charge in [0.1, 0.15) is 11.9 Å². The van der Waals surface area contributed by atoms with Gasteiger partial charge in [0.05, 0.1) is 5.56 Å². The summed E-state index contributed by atoms with van der Waals surface area (Å²) in [7, 11) is 0. The molecule has 2 heterocycles. The predicted molar refractivity (Wildman–Crippen MR) is 102 cm³/mol. The van der Waals surface area contributed by atoms with Gasteiger partial charge in [0, 0.05) is 30.2 Å². The highest BCUT2D eigenvalue weighted by Gasteiger charge is 2.45. The first-order chi connectivity index (χ1) is 12.7. The minimum absolute atomic E-state index is 0.0648. The van der Waals surface area contributed by atoms with Crippen molar-refractivity contribution in [1.82, 2.24) is 4.98 Å². The summed E-state index contributed by atoms with van der Waals surface area (Å²) in [4.78, 5) is 15.7. The number of benzene rings is 1. The quantitative estimate of drug-likeness (QED) is 0.870. The molecule has 138 valence electrons. The molecule has 4 unspecified atom stereocenters. The first kappa shape index (κ1) is 17.3. The van der Waals surface area contributed by atoms with E-state index in [0.717, 1.165) is 54.5 Å². The Morgan fingerprint density at radius 1 is 1.23 bits per heavy atom. The first-order valence-corrected chi connectivity index (χ1v) is 9.83.